The quantitative estimate of drug-likeness (QED) is 0.924. The highest BCUT2D eigenvalue weighted by Gasteiger charge is 2.31. The summed E-state index contributed by atoms with van der Waals surface area (Å²) >= 11 is 0. The normalized spacial score (nSPS) is 18.8. The highest BCUT2D eigenvalue weighted by molar-refractivity contribution is 5.94. The van der Waals surface area contributed by atoms with Gasteiger partial charge in [-0.05, 0) is 38.4 Å². The lowest BCUT2D eigenvalue weighted by Gasteiger charge is -2.39. The Labute approximate surface area is 118 Å². The zero-order valence-corrected chi connectivity index (χ0v) is 11.9. The Balaban J connectivity index is 2.04. The van der Waals surface area contributed by atoms with Gasteiger partial charge in [0.1, 0.15) is 11.6 Å². The molecule has 110 valence electrons. The van der Waals surface area contributed by atoms with Crippen LogP contribution >= 0.6 is 0 Å². The first kappa shape index (κ1) is 14.9. The lowest BCUT2D eigenvalue weighted by Crippen LogP contribution is -2.53. The fraction of sp³-hybridized carbons (Fsp3) is 0.533. The molecular weight excluding hydrogens is 262 g/mol. The van der Waals surface area contributed by atoms with E-state index >= 15 is 0 Å². The SMILES string of the molecule is CCN1CCC(C)(NC(=O)c2cc(F)cc(F)c2)CC1. The first-order valence-corrected chi connectivity index (χ1v) is 6.93. The van der Waals surface area contributed by atoms with E-state index in [4.69, 9.17) is 0 Å². The third kappa shape index (κ3) is 3.54. The first-order valence-electron chi connectivity index (χ1n) is 6.93. The van der Waals surface area contributed by atoms with E-state index in [0.29, 0.717) is 0 Å². The molecule has 1 saturated heterocycles. The van der Waals surface area contributed by atoms with Crippen molar-refractivity contribution in [2.45, 2.75) is 32.2 Å². The van der Waals surface area contributed by atoms with E-state index in [1.807, 2.05) is 6.92 Å². The van der Waals surface area contributed by atoms with Crippen molar-refractivity contribution in [3.8, 4) is 0 Å². The summed E-state index contributed by atoms with van der Waals surface area (Å²) in [6.07, 6.45) is 1.68. The number of carbonyl (C=O) groups is 1. The minimum absolute atomic E-state index is 0.0293. The monoisotopic (exact) mass is 282 g/mol. The van der Waals surface area contributed by atoms with Crippen LogP contribution in [0.4, 0.5) is 8.78 Å². The molecule has 1 N–H and O–H groups in total. The van der Waals surface area contributed by atoms with Gasteiger partial charge in [-0.2, -0.15) is 0 Å². The summed E-state index contributed by atoms with van der Waals surface area (Å²) in [5, 5.41) is 2.91. The summed E-state index contributed by atoms with van der Waals surface area (Å²) in [4.78, 5) is 14.4. The topological polar surface area (TPSA) is 32.3 Å². The Bertz CT molecular complexity index is 476. The summed E-state index contributed by atoms with van der Waals surface area (Å²) in [5.74, 6) is -1.89. The Morgan fingerprint density at radius 1 is 1.25 bits per heavy atom. The number of benzene rings is 1. The van der Waals surface area contributed by atoms with Crippen LogP contribution in [-0.4, -0.2) is 36.0 Å². The maximum absolute atomic E-state index is 13.1. The molecule has 1 heterocycles. The third-order valence-electron chi connectivity index (χ3n) is 3.95. The van der Waals surface area contributed by atoms with Crippen LogP contribution < -0.4 is 5.32 Å². The zero-order valence-electron chi connectivity index (χ0n) is 11.9. The second-order valence-electron chi connectivity index (χ2n) is 5.61. The number of nitrogens with zero attached hydrogens (tertiary/aromatic N) is 1. The second kappa shape index (κ2) is 5.87. The fourth-order valence-electron chi connectivity index (χ4n) is 2.52. The number of hydrogen-bond acceptors (Lipinski definition) is 2. The maximum atomic E-state index is 13.1. The van der Waals surface area contributed by atoms with Gasteiger partial charge in [0, 0.05) is 30.3 Å². The molecule has 1 aromatic rings. The molecule has 0 radical (unpaired) electrons. The maximum Gasteiger partial charge on any atom is 0.251 e. The van der Waals surface area contributed by atoms with E-state index in [-0.39, 0.29) is 11.1 Å². The summed E-state index contributed by atoms with van der Waals surface area (Å²) in [5.41, 5.74) is -0.285. The molecule has 5 heteroatoms. The highest BCUT2D eigenvalue weighted by Crippen LogP contribution is 2.22. The van der Waals surface area contributed by atoms with Crippen molar-refractivity contribution < 1.29 is 13.6 Å². The summed E-state index contributed by atoms with van der Waals surface area (Å²) in [7, 11) is 0. The molecule has 0 saturated carbocycles. The van der Waals surface area contributed by atoms with Gasteiger partial charge < -0.3 is 10.2 Å². The van der Waals surface area contributed by atoms with Crippen molar-refractivity contribution in [3.63, 3.8) is 0 Å². The van der Waals surface area contributed by atoms with Crippen molar-refractivity contribution in [1.82, 2.24) is 10.2 Å². The van der Waals surface area contributed by atoms with Crippen LogP contribution in [0.5, 0.6) is 0 Å². The Kier molecular flexibility index (Phi) is 4.38. The van der Waals surface area contributed by atoms with E-state index in [1.54, 1.807) is 0 Å². The van der Waals surface area contributed by atoms with E-state index < -0.39 is 17.5 Å². The van der Waals surface area contributed by atoms with Crippen LogP contribution in [0.15, 0.2) is 18.2 Å². The smallest absolute Gasteiger partial charge is 0.251 e. The number of carbonyl (C=O) groups excluding carboxylic acids is 1. The number of halogens is 2. The summed E-state index contributed by atoms with van der Waals surface area (Å²) < 4.78 is 26.3. The van der Waals surface area contributed by atoms with Gasteiger partial charge in [-0.25, -0.2) is 8.78 Å². The molecule has 1 fully saturated rings. The minimum Gasteiger partial charge on any atom is -0.347 e. The van der Waals surface area contributed by atoms with Gasteiger partial charge >= 0.3 is 0 Å². The fourth-order valence-corrected chi connectivity index (χ4v) is 2.52. The molecule has 1 aromatic carbocycles. The van der Waals surface area contributed by atoms with Crippen molar-refractivity contribution in [2.24, 2.45) is 0 Å². The van der Waals surface area contributed by atoms with Crippen molar-refractivity contribution in [2.75, 3.05) is 19.6 Å². The Morgan fingerprint density at radius 2 is 1.80 bits per heavy atom. The average molecular weight is 282 g/mol. The van der Waals surface area contributed by atoms with Crippen LogP contribution in [0.3, 0.4) is 0 Å². The first-order chi connectivity index (χ1) is 9.42. The number of hydrogen-bond donors (Lipinski definition) is 1. The lowest BCUT2D eigenvalue weighted by atomic mass is 9.89. The second-order valence-corrected chi connectivity index (χ2v) is 5.61. The predicted octanol–water partition coefficient (Wildman–Crippen LogP) is 2.57. The summed E-state index contributed by atoms with van der Waals surface area (Å²) in [6, 6.07) is 2.88. The number of likely N-dealkylation sites (tertiary alicyclic amines) is 1. The van der Waals surface area contributed by atoms with Gasteiger partial charge in [-0.1, -0.05) is 6.92 Å². The van der Waals surface area contributed by atoms with Crippen molar-refractivity contribution in [3.05, 3.63) is 35.4 Å². The lowest BCUT2D eigenvalue weighted by molar-refractivity contribution is 0.0838. The number of amides is 1. The molecule has 1 amide bonds. The molecule has 0 bridgehead atoms. The summed E-state index contributed by atoms with van der Waals surface area (Å²) in [6.45, 7) is 6.93. The van der Waals surface area contributed by atoms with Gasteiger partial charge in [0.15, 0.2) is 0 Å². The van der Waals surface area contributed by atoms with E-state index in [1.165, 1.54) is 0 Å². The van der Waals surface area contributed by atoms with Gasteiger partial charge in [0.25, 0.3) is 5.91 Å². The highest BCUT2D eigenvalue weighted by atomic mass is 19.1. The predicted molar refractivity (Wildman–Crippen MR) is 73.6 cm³/mol. The van der Waals surface area contributed by atoms with Crippen LogP contribution in [0, 0.1) is 11.6 Å². The van der Waals surface area contributed by atoms with Crippen LogP contribution in [0.25, 0.3) is 0 Å². The van der Waals surface area contributed by atoms with Crippen LogP contribution in [-0.2, 0) is 0 Å². The molecule has 3 nitrogen and oxygen atoms in total. The number of piperidine rings is 1. The standard InChI is InChI=1S/C15H20F2N2O/c1-3-19-6-4-15(2,5-7-19)18-14(20)11-8-12(16)10-13(17)9-11/h8-10H,3-7H2,1-2H3,(H,18,20). The molecule has 0 aliphatic carbocycles. The van der Waals surface area contributed by atoms with Crippen LogP contribution in [0.1, 0.15) is 37.0 Å². The molecular formula is C15H20F2N2O. The van der Waals surface area contributed by atoms with E-state index in [2.05, 4.69) is 17.1 Å². The minimum atomic E-state index is -0.735. The van der Waals surface area contributed by atoms with E-state index in [9.17, 15) is 13.6 Å². The number of nitrogens with one attached hydrogen (secondary N) is 1. The zero-order chi connectivity index (χ0) is 14.8. The Morgan fingerprint density at radius 3 is 2.30 bits per heavy atom. The molecule has 0 aromatic heterocycles. The van der Waals surface area contributed by atoms with Crippen LogP contribution in [0.2, 0.25) is 0 Å². The largest absolute Gasteiger partial charge is 0.347 e. The molecule has 2 rings (SSSR count). The third-order valence-corrected chi connectivity index (χ3v) is 3.95. The molecule has 0 atom stereocenters. The molecule has 1 aliphatic heterocycles. The van der Waals surface area contributed by atoms with E-state index in [0.717, 1.165) is 50.7 Å². The Hall–Kier alpha value is -1.49. The van der Waals surface area contributed by atoms with Crippen molar-refractivity contribution in [1.29, 1.82) is 0 Å². The molecule has 0 spiro atoms. The molecule has 20 heavy (non-hydrogen) atoms. The van der Waals surface area contributed by atoms with Gasteiger partial charge in [-0.3, -0.25) is 4.79 Å². The van der Waals surface area contributed by atoms with Gasteiger partial charge in [0.2, 0.25) is 0 Å². The van der Waals surface area contributed by atoms with Gasteiger partial charge in [-0.15, -0.1) is 0 Å². The average Bonchev–Trinajstić information content (AvgIpc) is 2.38. The number of rotatable bonds is 3. The molecule has 1 aliphatic rings. The van der Waals surface area contributed by atoms with Crippen molar-refractivity contribution >= 4 is 5.91 Å². The molecule has 0 unspecified atom stereocenters. The van der Waals surface area contributed by atoms with Gasteiger partial charge in [0.05, 0.1) is 0 Å².